The molecule has 2 aromatic heterocycles. The summed E-state index contributed by atoms with van der Waals surface area (Å²) >= 11 is 0. The van der Waals surface area contributed by atoms with Crippen LogP contribution in [0.1, 0.15) is 51.8 Å². The summed E-state index contributed by atoms with van der Waals surface area (Å²) < 4.78 is 2.02. The van der Waals surface area contributed by atoms with Gasteiger partial charge in [-0.2, -0.15) is 0 Å². The van der Waals surface area contributed by atoms with E-state index in [0.717, 1.165) is 52.7 Å². The van der Waals surface area contributed by atoms with Crippen molar-refractivity contribution in [2.45, 2.75) is 39.2 Å². The number of carbonyl (C=O) groups is 1. The van der Waals surface area contributed by atoms with Crippen molar-refractivity contribution >= 4 is 22.8 Å². The van der Waals surface area contributed by atoms with Crippen LogP contribution >= 0.6 is 0 Å². The van der Waals surface area contributed by atoms with Gasteiger partial charge < -0.3 is 14.8 Å². The van der Waals surface area contributed by atoms with Crippen molar-refractivity contribution in [1.82, 2.24) is 19.9 Å². The zero-order chi connectivity index (χ0) is 20.0. The minimum Gasteiger partial charge on any atom is -0.347 e. The van der Waals surface area contributed by atoms with Crippen molar-refractivity contribution in [2.75, 3.05) is 19.0 Å². The van der Waals surface area contributed by atoms with Crippen LogP contribution in [-0.4, -0.2) is 34.5 Å². The van der Waals surface area contributed by atoms with Gasteiger partial charge in [0.05, 0.1) is 17.3 Å². The third kappa shape index (κ3) is 2.93. The van der Waals surface area contributed by atoms with Crippen LogP contribution < -0.4 is 10.2 Å². The standard InChI is InChI=1S/C22H27N5O/c1-13-8-6-9-15-14(2)20(27(5)19(13)15)21(28)24-17-10-7-11-18-16(17)12-23-22(25-18)26(3)4/h6,8-9,12,17H,7,10-11H2,1-5H3,(H,24,28). The molecular weight excluding hydrogens is 350 g/mol. The lowest BCUT2D eigenvalue weighted by Crippen LogP contribution is -2.33. The molecule has 1 N–H and O–H groups in total. The predicted molar refractivity (Wildman–Crippen MR) is 112 cm³/mol. The Hall–Kier alpha value is -2.89. The van der Waals surface area contributed by atoms with Gasteiger partial charge in [0.2, 0.25) is 5.95 Å². The van der Waals surface area contributed by atoms with E-state index in [4.69, 9.17) is 0 Å². The Morgan fingerprint density at radius 2 is 2.07 bits per heavy atom. The molecule has 1 amide bonds. The highest BCUT2D eigenvalue weighted by atomic mass is 16.2. The Morgan fingerprint density at radius 3 is 2.79 bits per heavy atom. The number of aromatic nitrogens is 3. The van der Waals surface area contributed by atoms with Crippen molar-refractivity contribution in [3.63, 3.8) is 0 Å². The molecule has 6 nitrogen and oxygen atoms in total. The van der Waals surface area contributed by atoms with E-state index < -0.39 is 0 Å². The van der Waals surface area contributed by atoms with Crippen LogP contribution in [-0.2, 0) is 13.5 Å². The first kappa shape index (κ1) is 18.5. The molecule has 28 heavy (non-hydrogen) atoms. The van der Waals surface area contributed by atoms with Gasteiger partial charge in [-0.3, -0.25) is 4.79 Å². The Balaban J connectivity index is 1.68. The zero-order valence-electron chi connectivity index (χ0n) is 17.2. The van der Waals surface area contributed by atoms with E-state index in [2.05, 4.69) is 34.3 Å². The lowest BCUT2D eigenvalue weighted by molar-refractivity contribution is 0.0924. The van der Waals surface area contributed by atoms with Gasteiger partial charge in [-0.05, 0) is 44.2 Å². The number of aryl methyl sites for hydroxylation is 4. The van der Waals surface area contributed by atoms with E-state index in [0.29, 0.717) is 5.95 Å². The summed E-state index contributed by atoms with van der Waals surface area (Å²) in [5, 5.41) is 4.38. The molecule has 1 aromatic carbocycles. The van der Waals surface area contributed by atoms with Gasteiger partial charge in [0.1, 0.15) is 5.69 Å². The number of fused-ring (bicyclic) bond motifs is 2. The summed E-state index contributed by atoms with van der Waals surface area (Å²) in [6, 6.07) is 6.16. The molecule has 1 aliphatic rings. The fourth-order valence-electron chi connectivity index (χ4n) is 4.35. The molecule has 0 bridgehead atoms. The number of hydrogen-bond donors (Lipinski definition) is 1. The maximum Gasteiger partial charge on any atom is 0.268 e. The summed E-state index contributed by atoms with van der Waals surface area (Å²) in [4.78, 5) is 24.3. The number of amides is 1. The molecule has 146 valence electrons. The molecule has 1 atom stereocenters. The largest absolute Gasteiger partial charge is 0.347 e. The number of nitrogens with one attached hydrogen (secondary N) is 1. The Kier molecular flexibility index (Phi) is 4.57. The van der Waals surface area contributed by atoms with Crippen LogP contribution in [0.5, 0.6) is 0 Å². The first-order valence-electron chi connectivity index (χ1n) is 9.77. The van der Waals surface area contributed by atoms with Crippen LogP contribution in [0.3, 0.4) is 0 Å². The Morgan fingerprint density at radius 1 is 1.29 bits per heavy atom. The highest BCUT2D eigenvalue weighted by molar-refractivity contribution is 6.02. The molecular formula is C22H27N5O. The topological polar surface area (TPSA) is 63.1 Å². The highest BCUT2D eigenvalue weighted by Gasteiger charge is 2.27. The number of para-hydroxylation sites is 1. The molecule has 4 rings (SSSR count). The summed E-state index contributed by atoms with van der Waals surface area (Å²) in [5.74, 6) is 0.677. The van der Waals surface area contributed by atoms with Crippen molar-refractivity contribution in [3.05, 3.63) is 52.5 Å². The molecule has 0 spiro atoms. The SMILES string of the molecule is Cc1c(C(=O)NC2CCCc3nc(N(C)C)ncc32)n(C)c2c(C)cccc12. The molecule has 6 heteroatoms. The number of carbonyl (C=O) groups excluding carboxylic acids is 1. The lowest BCUT2D eigenvalue weighted by Gasteiger charge is -2.26. The van der Waals surface area contributed by atoms with Crippen molar-refractivity contribution in [2.24, 2.45) is 7.05 Å². The number of anilines is 1. The van der Waals surface area contributed by atoms with Gasteiger partial charge in [0.15, 0.2) is 0 Å². The number of rotatable bonds is 3. The number of benzene rings is 1. The molecule has 0 saturated carbocycles. The second kappa shape index (κ2) is 6.93. The average molecular weight is 377 g/mol. The number of hydrogen-bond acceptors (Lipinski definition) is 4. The van der Waals surface area contributed by atoms with E-state index >= 15 is 0 Å². The summed E-state index contributed by atoms with van der Waals surface area (Å²) in [5.41, 5.74) is 6.12. The molecule has 0 fully saturated rings. The Labute approximate surface area is 165 Å². The summed E-state index contributed by atoms with van der Waals surface area (Å²) in [6.45, 7) is 4.11. The average Bonchev–Trinajstić information content (AvgIpc) is 2.93. The summed E-state index contributed by atoms with van der Waals surface area (Å²) in [6.07, 6.45) is 4.72. The molecule has 0 radical (unpaired) electrons. The van der Waals surface area contributed by atoms with Gasteiger partial charge in [0.25, 0.3) is 5.91 Å². The smallest absolute Gasteiger partial charge is 0.268 e. The monoisotopic (exact) mass is 377 g/mol. The quantitative estimate of drug-likeness (QED) is 0.759. The zero-order valence-corrected chi connectivity index (χ0v) is 17.2. The van der Waals surface area contributed by atoms with Gasteiger partial charge in [-0.15, -0.1) is 0 Å². The molecule has 1 aliphatic carbocycles. The molecule has 0 saturated heterocycles. The lowest BCUT2D eigenvalue weighted by atomic mass is 9.92. The first-order valence-corrected chi connectivity index (χ1v) is 9.77. The van der Waals surface area contributed by atoms with Crippen molar-refractivity contribution < 1.29 is 4.79 Å². The second-order valence-corrected chi connectivity index (χ2v) is 7.89. The van der Waals surface area contributed by atoms with Crippen LogP contribution in [0.25, 0.3) is 10.9 Å². The maximum absolute atomic E-state index is 13.2. The van der Waals surface area contributed by atoms with Crippen LogP contribution in [0.2, 0.25) is 0 Å². The molecule has 2 heterocycles. The van der Waals surface area contributed by atoms with Gasteiger partial charge in [-0.1, -0.05) is 18.2 Å². The fraction of sp³-hybridized carbons (Fsp3) is 0.409. The molecule has 3 aromatic rings. The first-order chi connectivity index (χ1) is 13.4. The maximum atomic E-state index is 13.2. The molecule has 1 unspecified atom stereocenters. The second-order valence-electron chi connectivity index (χ2n) is 7.89. The summed E-state index contributed by atoms with van der Waals surface area (Å²) in [7, 11) is 5.85. The Bertz CT molecular complexity index is 1070. The fourth-order valence-corrected chi connectivity index (χ4v) is 4.35. The number of nitrogens with zero attached hydrogens (tertiary/aromatic N) is 4. The van der Waals surface area contributed by atoms with Crippen molar-refractivity contribution in [3.8, 4) is 0 Å². The molecule has 0 aliphatic heterocycles. The van der Waals surface area contributed by atoms with Crippen LogP contribution in [0.4, 0.5) is 5.95 Å². The van der Waals surface area contributed by atoms with Crippen LogP contribution in [0, 0.1) is 13.8 Å². The van der Waals surface area contributed by atoms with Gasteiger partial charge in [-0.25, -0.2) is 9.97 Å². The minimum absolute atomic E-state index is 0.0369. The van der Waals surface area contributed by atoms with Crippen molar-refractivity contribution in [1.29, 1.82) is 0 Å². The third-order valence-electron chi connectivity index (χ3n) is 5.76. The van der Waals surface area contributed by atoms with E-state index in [1.54, 1.807) is 0 Å². The highest BCUT2D eigenvalue weighted by Crippen LogP contribution is 2.31. The minimum atomic E-state index is -0.0500. The van der Waals surface area contributed by atoms with Gasteiger partial charge in [0, 0.05) is 38.3 Å². The predicted octanol–water partition coefficient (Wildman–Crippen LogP) is 3.46. The van der Waals surface area contributed by atoms with E-state index in [1.807, 2.05) is 49.8 Å². The van der Waals surface area contributed by atoms with E-state index in [-0.39, 0.29) is 11.9 Å². The van der Waals surface area contributed by atoms with Gasteiger partial charge >= 0.3 is 0 Å². The van der Waals surface area contributed by atoms with Crippen LogP contribution in [0.15, 0.2) is 24.4 Å². The third-order valence-corrected chi connectivity index (χ3v) is 5.76. The van der Waals surface area contributed by atoms with E-state index in [1.165, 1.54) is 5.56 Å². The normalized spacial score (nSPS) is 16.1. The van der Waals surface area contributed by atoms with E-state index in [9.17, 15) is 4.79 Å².